The van der Waals surface area contributed by atoms with Gasteiger partial charge in [0.25, 0.3) is 0 Å². The highest BCUT2D eigenvalue weighted by molar-refractivity contribution is 5.69. The van der Waals surface area contributed by atoms with Crippen LogP contribution in [0.5, 0.6) is 0 Å². The molecule has 0 aliphatic carbocycles. The number of hydrogen-bond acceptors (Lipinski definition) is 5. The van der Waals surface area contributed by atoms with Crippen LogP contribution in [0.2, 0.25) is 0 Å². The van der Waals surface area contributed by atoms with E-state index >= 15 is 0 Å². The van der Waals surface area contributed by atoms with Gasteiger partial charge in [0.1, 0.15) is 0 Å². The van der Waals surface area contributed by atoms with Gasteiger partial charge < -0.3 is 10.4 Å². The molecule has 1 aromatic heterocycles. The van der Waals surface area contributed by atoms with E-state index in [4.69, 9.17) is 5.11 Å². The van der Waals surface area contributed by atoms with Crippen LogP contribution in [-0.2, 0) is 17.6 Å². The van der Waals surface area contributed by atoms with Crippen molar-refractivity contribution in [3.8, 4) is 0 Å². The monoisotopic (exact) mass is 266 g/mol. The summed E-state index contributed by atoms with van der Waals surface area (Å²) in [7, 11) is 0. The molecular formula is C13H22N4O2. The Labute approximate surface area is 113 Å². The summed E-state index contributed by atoms with van der Waals surface area (Å²) in [6.45, 7) is 6.45. The molecule has 1 heterocycles. The van der Waals surface area contributed by atoms with Crippen molar-refractivity contribution >= 4 is 11.9 Å². The van der Waals surface area contributed by atoms with Crippen LogP contribution in [0.15, 0.2) is 0 Å². The number of nitrogens with zero attached hydrogens (tertiary/aromatic N) is 3. The normalized spacial score (nSPS) is 12.2. The second kappa shape index (κ2) is 7.66. The molecule has 1 aromatic rings. The third-order valence-electron chi connectivity index (χ3n) is 3.03. The van der Waals surface area contributed by atoms with E-state index in [0.29, 0.717) is 18.9 Å². The van der Waals surface area contributed by atoms with Crippen molar-refractivity contribution in [3.63, 3.8) is 0 Å². The molecule has 0 saturated heterocycles. The molecule has 19 heavy (non-hydrogen) atoms. The zero-order valence-corrected chi connectivity index (χ0v) is 11.8. The number of hydrogen-bond donors (Lipinski definition) is 2. The lowest BCUT2D eigenvalue weighted by molar-refractivity contribution is -0.141. The Bertz CT molecular complexity index is 423. The number of aromatic nitrogens is 3. The Balaban J connectivity index is 2.43. The number of aryl methyl sites for hydroxylation is 2. The number of carboxylic acids is 1. The van der Waals surface area contributed by atoms with E-state index in [2.05, 4.69) is 20.5 Å². The number of carboxylic acid groups (broad SMARTS) is 1. The van der Waals surface area contributed by atoms with Crippen molar-refractivity contribution < 1.29 is 9.90 Å². The number of carbonyl (C=O) groups is 1. The molecule has 1 atom stereocenters. The molecule has 6 nitrogen and oxygen atoms in total. The molecule has 6 heteroatoms. The first-order chi connectivity index (χ1) is 9.08. The molecule has 1 unspecified atom stereocenters. The minimum atomic E-state index is -0.751. The van der Waals surface area contributed by atoms with Crippen LogP contribution in [0.3, 0.4) is 0 Å². The van der Waals surface area contributed by atoms with Gasteiger partial charge in [-0.25, -0.2) is 4.98 Å². The minimum absolute atomic E-state index is 0.311. The summed E-state index contributed by atoms with van der Waals surface area (Å²) in [6, 6.07) is 0. The lowest BCUT2D eigenvalue weighted by Crippen LogP contribution is -2.13. The molecule has 0 saturated carbocycles. The van der Waals surface area contributed by atoms with Gasteiger partial charge in [0.05, 0.1) is 17.3 Å². The SMILES string of the molecule is CCc1nnc(NCCCC(C)C(=O)O)nc1CC. The van der Waals surface area contributed by atoms with Crippen molar-refractivity contribution in [2.24, 2.45) is 5.92 Å². The second-order valence-electron chi connectivity index (χ2n) is 4.54. The number of nitrogens with one attached hydrogen (secondary N) is 1. The molecule has 2 N–H and O–H groups in total. The number of rotatable bonds is 8. The fourth-order valence-electron chi connectivity index (χ4n) is 1.74. The third-order valence-corrected chi connectivity index (χ3v) is 3.03. The Morgan fingerprint density at radius 3 is 2.53 bits per heavy atom. The zero-order chi connectivity index (χ0) is 14.3. The predicted molar refractivity (Wildman–Crippen MR) is 73.1 cm³/mol. The summed E-state index contributed by atoms with van der Waals surface area (Å²) < 4.78 is 0. The lowest BCUT2D eigenvalue weighted by Gasteiger charge is -2.09. The van der Waals surface area contributed by atoms with Gasteiger partial charge in [-0.15, -0.1) is 5.10 Å². The van der Waals surface area contributed by atoms with Crippen LogP contribution in [0.4, 0.5) is 5.95 Å². The maximum absolute atomic E-state index is 10.7. The van der Waals surface area contributed by atoms with E-state index in [1.807, 2.05) is 13.8 Å². The number of aliphatic carboxylic acids is 1. The summed E-state index contributed by atoms with van der Waals surface area (Å²) in [6.07, 6.45) is 3.08. The van der Waals surface area contributed by atoms with Gasteiger partial charge in [-0.3, -0.25) is 4.79 Å². The molecular weight excluding hydrogens is 244 g/mol. The summed E-state index contributed by atoms with van der Waals surface area (Å²) in [5.41, 5.74) is 1.91. The summed E-state index contributed by atoms with van der Waals surface area (Å²) in [5.74, 6) is -0.537. The van der Waals surface area contributed by atoms with E-state index in [9.17, 15) is 4.79 Å². The van der Waals surface area contributed by atoms with Gasteiger partial charge in [-0.05, 0) is 25.7 Å². The van der Waals surface area contributed by atoms with Crippen LogP contribution in [0, 0.1) is 5.92 Å². The van der Waals surface area contributed by atoms with Crippen LogP contribution >= 0.6 is 0 Å². The van der Waals surface area contributed by atoms with E-state index < -0.39 is 5.97 Å². The molecule has 106 valence electrons. The molecule has 0 bridgehead atoms. The van der Waals surface area contributed by atoms with Gasteiger partial charge in [0.2, 0.25) is 5.95 Å². The topological polar surface area (TPSA) is 88.0 Å². The Morgan fingerprint density at radius 2 is 1.95 bits per heavy atom. The van der Waals surface area contributed by atoms with Crippen molar-refractivity contribution in [2.45, 2.75) is 46.5 Å². The molecule has 0 amide bonds. The van der Waals surface area contributed by atoms with Gasteiger partial charge in [0.15, 0.2) is 0 Å². The van der Waals surface area contributed by atoms with E-state index in [-0.39, 0.29) is 5.92 Å². The van der Waals surface area contributed by atoms with E-state index in [0.717, 1.165) is 30.7 Å². The molecule has 0 spiro atoms. The van der Waals surface area contributed by atoms with Gasteiger partial charge in [-0.2, -0.15) is 5.10 Å². The maximum Gasteiger partial charge on any atom is 0.306 e. The fraction of sp³-hybridized carbons (Fsp3) is 0.692. The summed E-state index contributed by atoms with van der Waals surface area (Å²) in [5, 5.41) is 20.0. The molecule has 1 rings (SSSR count). The standard InChI is InChI=1S/C13H22N4O2/c1-4-10-11(5-2)16-17-13(15-10)14-8-6-7-9(3)12(18)19/h9H,4-8H2,1-3H3,(H,18,19)(H,14,15,17). The average molecular weight is 266 g/mol. The highest BCUT2D eigenvalue weighted by Gasteiger charge is 2.10. The zero-order valence-electron chi connectivity index (χ0n) is 11.8. The largest absolute Gasteiger partial charge is 0.481 e. The van der Waals surface area contributed by atoms with E-state index in [1.165, 1.54) is 0 Å². The minimum Gasteiger partial charge on any atom is -0.481 e. The smallest absolute Gasteiger partial charge is 0.306 e. The van der Waals surface area contributed by atoms with Crippen LogP contribution in [0.25, 0.3) is 0 Å². The predicted octanol–water partition coefficient (Wildman–Crippen LogP) is 1.91. The maximum atomic E-state index is 10.7. The fourth-order valence-corrected chi connectivity index (χ4v) is 1.74. The Hall–Kier alpha value is -1.72. The first kappa shape index (κ1) is 15.3. The number of anilines is 1. The average Bonchev–Trinajstić information content (AvgIpc) is 2.42. The van der Waals surface area contributed by atoms with E-state index in [1.54, 1.807) is 6.92 Å². The molecule has 0 aromatic carbocycles. The highest BCUT2D eigenvalue weighted by Crippen LogP contribution is 2.08. The quantitative estimate of drug-likeness (QED) is 0.699. The van der Waals surface area contributed by atoms with Crippen molar-refractivity contribution in [2.75, 3.05) is 11.9 Å². The van der Waals surface area contributed by atoms with Gasteiger partial charge in [-0.1, -0.05) is 20.8 Å². The lowest BCUT2D eigenvalue weighted by atomic mass is 10.1. The van der Waals surface area contributed by atoms with Crippen molar-refractivity contribution in [3.05, 3.63) is 11.4 Å². The molecule has 0 aliphatic heterocycles. The molecule has 0 radical (unpaired) electrons. The van der Waals surface area contributed by atoms with Gasteiger partial charge in [0, 0.05) is 6.54 Å². The van der Waals surface area contributed by atoms with Gasteiger partial charge >= 0.3 is 5.97 Å². The highest BCUT2D eigenvalue weighted by atomic mass is 16.4. The molecule has 0 fully saturated rings. The van der Waals surface area contributed by atoms with Crippen molar-refractivity contribution in [1.29, 1.82) is 0 Å². The van der Waals surface area contributed by atoms with Crippen molar-refractivity contribution in [1.82, 2.24) is 15.2 Å². The summed E-state index contributed by atoms with van der Waals surface area (Å²) >= 11 is 0. The Morgan fingerprint density at radius 1 is 1.26 bits per heavy atom. The molecule has 0 aliphatic rings. The Kier molecular flexibility index (Phi) is 6.18. The second-order valence-corrected chi connectivity index (χ2v) is 4.54. The summed E-state index contributed by atoms with van der Waals surface area (Å²) in [4.78, 5) is 15.1. The van der Waals surface area contributed by atoms with Crippen LogP contribution in [-0.4, -0.2) is 32.8 Å². The van der Waals surface area contributed by atoms with Crippen LogP contribution in [0.1, 0.15) is 45.0 Å². The first-order valence-electron chi connectivity index (χ1n) is 6.77. The van der Waals surface area contributed by atoms with Crippen LogP contribution < -0.4 is 5.32 Å². The first-order valence-corrected chi connectivity index (χ1v) is 6.77. The third kappa shape index (κ3) is 4.81.